The Hall–Kier alpha value is -3.26. The van der Waals surface area contributed by atoms with Gasteiger partial charge in [-0.1, -0.05) is 48.5 Å². The summed E-state index contributed by atoms with van der Waals surface area (Å²) in [7, 11) is 0. The van der Waals surface area contributed by atoms with Crippen LogP contribution in [-0.4, -0.2) is 12.1 Å². The second kappa shape index (κ2) is 5.37. The summed E-state index contributed by atoms with van der Waals surface area (Å²) < 4.78 is 0. The van der Waals surface area contributed by atoms with Crippen molar-refractivity contribution in [2.45, 2.75) is 20.8 Å². The van der Waals surface area contributed by atoms with E-state index in [1.165, 1.54) is 0 Å². The van der Waals surface area contributed by atoms with Crippen molar-refractivity contribution < 1.29 is 9.59 Å². The molecular weight excluding hydrogens is 332 g/mol. The van der Waals surface area contributed by atoms with Crippen molar-refractivity contribution in [2.24, 2.45) is 0 Å². The van der Waals surface area contributed by atoms with E-state index >= 15 is 0 Å². The SMILES string of the molecule is CC(=O)c1ccc2c3ccc(C)c4c(C=O)ccc(c5ccc(C)c1c52)c43. The lowest BCUT2D eigenvalue weighted by molar-refractivity contribution is 0.101. The molecule has 0 bridgehead atoms. The van der Waals surface area contributed by atoms with E-state index in [1.54, 1.807) is 6.92 Å². The summed E-state index contributed by atoms with van der Waals surface area (Å²) in [5, 5.41) is 8.86. The Morgan fingerprint density at radius 3 is 1.70 bits per heavy atom. The zero-order chi connectivity index (χ0) is 18.9. The monoisotopic (exact) mass is 350 g/mol. The number of aryl methyl sites for hydroxylation is 2. The molecule has 5 aromatic rings. The summed E-state index contributed by atoms with van der Waals surface area (Å²) in [6.07, 6.45) is 0.939. The van der Waals surface area contributed by atoms with Gasteiger partial charge in [0.05, 0.1) is 0 Å². The van der Waals surface area contributed by atoms with Crippen LogP contribution in [0.15, 0.2) is 48.5 Å². The minimum absolute atomic E-state index is 0.0814. The summed E-state index contributed by atoms with van der Waals surface area (Å²) in [6.45, 7) is 5.74. The van der Waals surface area contributed by atoms with Gasteiger partial charge in [0, 0.05) is 11.1 Å². The largest absolute Gasteiger partial charge is 0.298 e. The molecule has 0 aromatic heterocycles. The Balaban J connectivity index is 2.20. The van der Waals surface area contributed by atoms with Crippen LogP contribution in [0.3, 0.4) is 0 Å². The van der Waals surface area contributed by atoms with Gasteiger partial charge in [-0.25, -0.2) is 0 Å². The van der Waals surface area contributed by atoms with E-state index in [4.69, 9.17) is 0 Å². The van der Waals surface area contributed by atoms with Crippen LogP contribution in [0, 0.1) is 13.8 Å². The molecule has 5 rings (SSSR count). The number of hydrogen-bond donors (Lipinski definition) is 0. The van der Waals surface area contributed by atoms with Gasteiger partial charge in [-0.05, 0) is 75.0 Å². The van der Waals surface area contributed by atoms with Crippen molar-refractivity contribution in [1.29, 1.82) is 0 Å². The van der Waals surface area contributed by atoms with Gasteiger partial charge >= 0.3 is 0 Å². The van der Waals surface area contributed by atoms with Gasteiger partial charge in [-0.15, -0.1) is 0 Å². The Bertz CT molecular complexity index is 1400. The van der Waals surface area contributed by atoms with Gasteiger partial charge in [0.1, 0.15) is 0 Å². The standard InChI is InChI=1S/C25H18O2/c1-13-4-7-18-21-11-10-17(15(3)27)23-14(2)5-8-19(25(21)23)20-9-6-16(12-26)22(13)24(18)20/h4-12H,1-3H3. The Kier molecular flexibility index (Phi) is 3.17. The number of aldehydes is 1. The maximum absolute atomic E-state index is 12.3. The highest BCUT2D eigenvalue weighted by Gasteiger charge is 2.18. The molecule has 0 aliphatic rings. The highest BCUT2D eigenvalue weighted by Crippen LogP contribution is 2.43. The molecule has 0 saturated carbocycles. The zero-order valence-electron chi connectivity index (χ0n) is 15.5. The molecule has 2 heteroatoms. The summed E-state index contributed by atoms with van der Waals surface area (Å²) in [6, 6.07) is 16.4. The Morgan fingerprint density at radius 1 is 0.667 bits per heavy atom. The van der Waals surface area contributed by atoms with E-state index in [-0.39, 0.29) is 5.78 Å². The van der Waals surface area contributed by atoms with E-state index in [2.05, 4.69) is 44.2 Å². The fourth-order valence-electron chi connectivity index (χ4n) is 4.65. The van der Waals surface area contributed by atoms with Crippen molar-refractivity contribution >= 4 is 55.2 Å². The first-order chi connectivity index (χ1) is 13.0. The molecule has 0 aliphatic carbocycles. The maximum Gasteiger partial charge on any atom is 0.160 e. The smallest absolute Gasteiger partial charge is 0.160 e. The number of hydrogen-bond acceptors (Lipinski definition) is 2. The molecule has 0 heterocycles. The van der Waals surface area contributed by atoms with E-state index in [0.29, 0.717) is 0 Å². The topological polar surface area (TPSA) is 34.1 Å². The first kappa shape index (κ1) is 16.0. The number of Topliss-reactive ketones (excluding diaryl/α,β-unsaturated/α-hetero) is 1. The van der Waals surface area contributed by atoms with Gasteiger partial charge in [-0.3, -0.25) is 9.59 Å². The third-order valence-electron chi connectivity index (χ3n) is 5.86. The maximum atomic E-state index is 12.3. The van der Waals surface area contributed by atoms with Crippen molar-refractivity contribution in [3.63, 3.8) is 0 Å². The fraction of sp³-hybridized carbons (Fsp3) is 0.120. The van der Waals surface area contributed by atoms with Crippen molar-refractivity contribution in [1.82, 2.24) is 0 Å². The molecule has 0 radical (unpaired) electrons. The lowest BCUT2D eigenvalue weighted by Gasteiger charge is -2.18. The quantitative estimate of drug-likeness (QED) is 0.160. The second-order valence-electron chi connectivity index (χ2n) is 7.40. The second-order valence-corrected chi connectivity index (χ2v) is 7.40. The van der Waals surface area contributed by atoms with Crippen molar-refractivity contribution in [2.75, 3.05) is 0 Å². The lowest BCUT2D eigenvalue weighted by Crippen LogP contribution is -1.98. The predicted molar refractivity (Wildman–Crippen MR) is 113 cm³/mol. The number of carbonyl (C=O) groups is 2. The van der Waals surface area contributed by atoms with Gasteiger partial charge in [0.2, 0.25) is 0 Å². The van der Waals surface area contributed by atoms with E-state index in [0.717, 1.165) is 71.6 Å². The highest BCUT2D eigenvalue weighted by atomic mass is 16.1. The molecule has 0 atom stereocenters. The van der Waals surface area contributed by atoms with Crippen LogP contribution in [0.25, 0.3) is 43.1 Å². The summed E-state index contributed by atoms with van der Waals surface area (Å²) in [5.74, 6) is 0.0814. The molecule has 0 unspecified atom stereocenters. The minimum atomic E-state index is 0.0814. The molecule has 2 nitrogen and oxygen atoms in total. The lowest BCUT2D eigenvalue weighted by atomic mass is 9.84. The summed E-state index contributed by atoms with van der Waals surface area (Å²) >= 11 is 0. The van der Waals surface area contributed by atoms with Gasteiger partial charge in [0.25, 0.3) is 0 Å². The molecule has 0 amide bonds. The molecule has 0 fully saturated rings. The van der Waals surface area contributed by atoms with E-state index in [9.17, 15) is 9.59 Å². The first-order valence-electron chi connectivity index (χ1n) is 9.12. The third-order valence-corrected chi connectivity index (χ3v) is 5.86. The third kappa shape index (κ3) is 1.95. The van der Waals surface area contributed by atoms with Crippen LogP contribution < -0.4 is 0 Å². The molecule has 0 aliphatic heterocycles. The van der Waals surface area contributed by atoms with Gasteiger partial charge < -0.3 is 0 Å². The summed E-state index contributed by atoms with van der Waals surface area (Å²) in [4.78, 5) is 23.9. The molecule has 0 saturated heterocycles. The van der Waals surface area contributed by atoms with Crippen LogP contribution in [0.2, 0.25) is 0 Å². The Labute approximate surface area is 156 Å². The first-order valence-corrected chi connectivity index (χ1v) is 9.12. The number of rotatable bonds is 2. The molecular formula is C25H18O2. The molecule has 0 N–H and O–H groups in total. The van der Waals surface area contributed by atoms with Crippen LogP contribution in [0.1, 0.15) is 38.8 Å². The van der Waals surface area contributed by atoms with Crippen LogP contribution in [-0.2, 0) is 0 Å². The Morgan fingerprint density at radius 2 is 1.15 bits per heavy atom. The molecule has 130 valence electrons. The fourth-order valence-corrected chi connectivity index (χ4v) is 4.65. The van der Waals surface area contributed by atoms with Crippen LogP contribution in [0.5, 0.6) is 0 Å². The summed E-state index contributed by atoms with van der Waals surface area (Å²) in [5.41, 5.74) is 3.70. The average Bonchev–Trinajstić information content (AvgIpc) is 2.67. The van der Waals surface area contributed by atoms with E-state index < -0.39 is 0 Å². The molecule has 5 aromatic carbocycles. The number of carbonyl (C=O) groups excluding carboxylic acids is 2. The average molecular weight is 350 g/mol. The zero-order valence-corrected chi connectivity index (χ0v) is 15.5. The van der Waals surface area contributed by atoms with Crippen molar-refractivity contribution in [3.8, 4) is 0 Å². The molecule has 0 spiro atoms. The van der Waals surface area contributed by atoms with Gasteiger partial charge in [0.15, 0.2) is 12.1 Å². The van der Waals surface area contributed by atoms with Crippen LogP contribution >= 0.6 is 0 Å². The minimum Gasteiger partial charge on any atom is -0.298 e. The van der Waals surface area contributed by atoms with Crippen LogP contribution in [0.4, 0.5) is 0 Å². The highest BCUT2D eigenvalue weighted by molar-refractivity contribution is 6.35. The number of ketones is 1. The van der Waals surface area contributed by atoms with Crippen molar-refractivity contribution in [3.05, 3.63) is 70.8 Å². The number of benzene rings is 5. The van der Waals surface area contributed by atoms with E-state index in [1.807, 2.05) is 18.2 Å². The normalized spacial score (nSPS) is 11.8. The predicted octanol–water partition coefficient (Wildman–Crippen LogP) is 6.37. The number of fused-ring (bicyclic) bond motifs is 2. The molecule has 27 heavy (non-hydrogen) atoms. The van der Waals surface area contributed by atoms with Gasteiger partial charge in [-0.2, -0.15) is 0 Å².